The van der Waals surface area contributed by atoms with Crippen LogP contribution in [0.1, 0.15) is 29.7 Å². The number of hydrogen-bond acceptors (Lipinski definition) is 4. The first-order valence-electron chi connectivity index (χ1n) is 9.38. The quantitative estimate of drug-likeness (QED) is 0.390. The number of hydrogen-bond donors (Lipinski definition) is 1. The van der Waals surface area contributed by atoms with Crippen molar-refractivity contribution < 1.29 is 9.47 Å². The van der Waals surface area contributed by atoms with E-state index < -0.39 is 0 Å². The third-order valence-electron chi connectivity index (χ3n) is 4.66. The van der Waals surface area contributed by atoms with E-state index in [9.17, 15) is 0 Å². The first kappa shape index (κ1) is 22.5. The summed E-state index contributed by atoms with van der Waals surface area (Å²) in [6.07, 6.45) is 3.89. The molecule has 0 radical (unpaired) electrons. The zero-order valence-electron chi connectivity index (χ0n) is 17.0. The summed E-state index contributed by atoms with van der Waals surface area (Å²) in [6.45, 7) is 7.72. The Kier molecular flexibility index (Phi) is 8.56. The Morgan fingerprint density at radius 3 is 2.89 bits per heavy atom. The van der Waals surface area contributed by atoms with Gasteiger partial charge in [-0.1, -0.05) is 12.1 Å². The minimum Gasteiger partial charge on any atom is -0.494 e. The van der Waals surface area contributed by atoms with Gasteiger partial charge in [0.15, 0.2) is 5.96 Å². The predicted octanol–water partition coefficient (Wildman–Crippen LogP) is 2.89. The standard InChI is InChI=1S/C20H29N5O2.HI/c1-5-26-18-7-6-16(10-15(18)2)11-22-20(21-3)25-8-9-27-19(14-25)17-12-23-24(4)13-17;/h6-7,10,12-13,19H,5,8-9,11,14H2,1-4H3,(H,21,22);1H. The minimum absolute atomic E-state index is 0. The van der Waals surface area contributed by atoms with Crippen LogP contribution in [-0.2, 0) is 18.3 Å². The van der Waals surface area contributed by atoms with Gasteiger partial charge in [-0.05, 0) is 31.0 Å². The van der Waals surface area contributed by atoms with Gasteiger partial charge in [0.25, 0.3) is 0 Å². The van der Waals surface area contributed by atoms with Crippen molar-refractivity contribution in [2.75, 3.05) is 33.4 Å². The summed E-state index contributed by atoms with van der Waals surface area (Å²) in [6, 6.07) is 6.28. The average Bonchev–Trinajstić information content (AvgIpc) is 3.11. The highest BCUT2D eigenvalue weighted by Gasteiger charge is 2.25. The van der Waals surface area contributed by atoms with Gasteiger partial charge < -0.3 is 19.7 Å². The highest BCUT2D eigenvalue weighted by molar-refractivity contribution is 14.0. The van der Waals surface area contributed by atoms with Gasteiger partial charge in [-0.3, -0.25) is 9.67 Å². The molecule has 1 fully saturated rings. The molecule has 1 atom stereocenters. The fourth-order valence-electron chi connectivity index (χ4n) is 3.30. The Morgan fingerprint density at radius 2 is 2.25 bits per heavy atom. The van der Waals surface area contributed by atoms with Crippen molar-refractivity contribution in [2.24, 2.45) is 12.0 Å². The maximum Gasteiger partial charge on any atom is 0.194 e. The molecule has 0 aliphatic carbocycles. The molecule has 8 heteroatoms. The summed E-state index contributed by atoms with van der Waals surface area (Å²) in [5.41, 5.74) is 3.45. The third kappa shape index (κ3) is 5.60. The second kappa shape index (κ2) is 10.7. The van der Waals surface area contributed by atoms with Crippen LogP contribution >= 0.6 is 24.0 Å². The van der Waals surface area contributed by atoms with Crippen LogP contribution in [0.3, 0.4) is 0 Å². The topological polar surface area (TPSA) is 63.9 Å². The Bertz CT molecular complexity index is 793. The van der Waals surface area contributed by atoms with Gasteiger partial charge >= 0.3 is 0 Å². The summed E-state index contributed by atoms with van der Waals surface area (Å²) in [5.74, 6) is 1.83. The van der Waals surface area contributed by atoms with Crippen molar-refractivity contribution in [1.82, 2.24) is 20.0 Å². The molecular formula is C20H30IN5O2. The molecule has 1 saturated heterocycles. The monoisotopic (exact) mass is 499 g/mol. The van der Waals surface area contributed by atoms with E-state index in [0.29, 0.717) is 13.2 Å². The number of halogens is 1. The van der Waals surface area contributed by atoms with Gasteiger partial charge in [0.05, 0.1) is 26.0 Å². The maximum absolute atomic E-state index is 5.93. The molecule has 2 aromatic rings. The van der Waals surface area contributed by atoms with Crippen molar-refractivity contribution in [2.45, 2.75) is 26.5 Å². The maximum atomic E-state index is 5.93. The van der Waals surface area contributed by atoms with Gasteiger partial charge in [0, 0.05) is 38.9 Å². The van der Waals surface area contributed by atoms with E-state index in [4.69, 9.17) is 9.47 Å². The van der Waals surface area contributed by atoms with E-state index in [1.54, 1.807) is 4.68 Å². The smallest absolute Gasteiger partial charge is 0.194 e. The first-order chi connectivity index (χ1) is 13.1. The molecule has 1 aliphatic heterocycles. The zero-order chi connectivity index (χ0) is 19.2. The molecule has 0 amide bonds. The number of guanidine groups is 1. The van der Waals surface area contributed by atoms with Gasteiger partial charge in [0.1, 0.15) is 11.9 Å². The van der Waals surface area contributed by atoms with Crippen molar-refractivity contribution >= 4 is 29.9 Å². The molecular weight excluding hydrogens is 469 g/mol. The molecule has 3 rings (SSSR count). The fraction of sp³-hybridized carbons (Fsp3) is 0.500. The van der Waals surface area contributed by atoms with Crippen molar-refractivity contribution in [3.63, 3.8) is 0 Å². The van der Waals surface area contributed by atoms with Crippen LogP contribution in [0.4, 0.5) is 0 Å². The molecule has 1 aromatic heterocycles. The average molecular weight is 499 g/mol. The number of rotatable bonds is 5. The van der Waals surface area contributed by atoms with E-state index in [0.717, 1.165) is 42.5 Å². The second-order valence-corrected chi connectivity index (χ2v) is 6.69. The zero-order valence-corrected chi connectivity index (χ0v) is 19.3. The van der Waals surface area contributed by atoms with E-state index in [2.05, 4.69) is 39.4 Å². The summed E-state index contributed by atoms with van der Waals surface area (Å²) in [4.78, 5) is 6.70. The number of ether oxygens (including phenoxy) is 2. The second-order valence-electron chi connectivity index (χ2n) is 6.69. The van der Waals surface area contributed by atoms with E-state index >= 15 is 0 Å². The number of nitrogens with one attached hydrogen (secondary N) is 1. The summed E-state index contributed by atoms with van der Waals surface area (Å²) >= 11 is 0. The number of benzene rings is 1. The molecule has 28 heavy (non-hydrogen) atoms. The molecule has 154 valence electrons. The van der Waals surface area contributed by atoms with Crippen LogP contribution in [0.25, 0.3) is 0 Å². The number of morpholine rings is 1. The summed E-state index contributed by atoms with van der Waals surface area (Å²) < 4.78 is 13.3. The number of aryl methyl sites for hydroxylation is 2. The molecule has 1 unspecified atom stereocenters. The minimum atomic E-state index is 0. The van der Waals surface area contributed by atoms with Crippen LogP contribution in [0.5, 0.6) is 5.75 Å². The summed E-state index contributed by atoms with van der Waals surface area (Å²) in [7, 11) is 3.74. The lowest BCUT2D eigenvalue weighted by Gasteiger charge is -2.34. The molecule has 1 aromatic carbocycles. The Balaban J connectivity index is 0.00000280. The molecule has 0 spiro atoms. The lowest BCUT2D eigenvalue weighted by Crippen LogP contribution is -2.47. The number of nitrogens with zero attached hydrogens (tertiary/aromatic N) is 4. The molecule has 0 bridgehead atoms. The largest absolute Gasteiger partial charge is 0.494 e. The van der Waals surface area contributed by atoms with Crippen LogP contribution in [0.2, 0.25) is 0 Å². The van der Waals surface area contributed by atoms with Gasteiger partial charge in [-0.15, -0.1) is 24.0 Å². The van der Waals surface area contributed by atoms with Crippen LogP contribution in [0, 0.1) is 6.92 Å². The van der Waals surface area contributed by atoms with E-state index in [1.807, 2.05) is 39.5 Å². The van der Waals surface area contributed by atoms with E-state index in [-0.39, 0.29) is 30.1 Å². The lowest BCUT2D eigenvalue weighted by atomic mass is 10.1. The SMILES string of the molecule is CCOc1ccc(CNC(=NC)N2CCOC(c3cnn(C)c3)C2)cc1C.I. The van der Waals surface area contributed by atoms with Crippen molar-refractivity contribution in [3.8, 4) is 5.75 Å². The van der Waals surface area contributed by atoms with Gasteiger partial charge in [-0.25, -0.2) is 0 Å². The Labute approximate surface area is 184 Å². The van der Waals surface area contributed by atoms with Crippen molar-refractivity contribution in [3.05, 3.63) is 47.3 Å². The van der Waals surface area contributed by atoms with Gasteiger partial charge in [0.2, 0.25) is 0 Å². The molecule has 7 nitrogen and oxygen atoms in total. The first-order valence-corrected chi connectivity index (χ1v) is 9.38. The van der Waals surface area contributed by atoms with E-state index in [1.165, 1.54) is 5.56 Å². The van der Waals surface area contributed by atoms with Gasteiger partial charge in [-0.2, -0.15) is 5.10 Å². The molecule has 2 heterocycles. The molecule has 0 saturated carbocycles. The Morgan fingerprint density at radius 1 is 1.43 bits per heavy atom. The summed E-state index contributed by atoms with van der Waals surface area (Å²) in [5, 5.41) is 7.72. The van der Waals surface area contributed by atoms with Crippen LogP contribution in [-0.4, -0.2) is 54.0 Å². The number of aliphatic imine (C=N–C) groups is 1. The van der Waals surface area contributed by atoms with Crippen LogP contribution < -0.4 is 10.1 Å². The normalized spacial score (nSPS) is 17.2. The van der Waals surface area contributed by atoms with Crippen molar-refractivity contribution in [1.29, 1.82) is 0 Å². The fourth-order valence-corrected chi connectivity index (χ4v) is 3.30. The molecule has 1 aliphatic rings. The van der Waals surface area contributed by atoms with Crippen LogP contribution in [0.15, 0.2) is 35.6 Å². The predicted molar refractivity (Wildman–Crippen MR) is 121 cm³/mol. The third-order valence-corrected chi connectivity index (χ3v) is 4.66. The lowest BCUT2D eigenvalue weighted by molar-refractivity contribution is -0.00805. The molecule has 1 N–H and O–H groups in total. The highest BCUT2D eigenvalue weighted by atomic mass is 127. The Hall–Kier alpha value is -1.81. The number of aromatic nitrogens is 2. The highest BCUT2D eigenvalue weighted by Crippen LogP contribution is 2.22.